The number of ether oxygens (including phenoxy) is 1. The van der Waals surface area contributed by atoms with Crippen molar-refractivity contribution in [2.45, 2.75) is 31.8 Å². The Morgan fingerprint density at radius 1 is 1.11 bits per heavy atom. The number of fused-ring (bicyclic) bond motifs is 4. The minimum absolute atomic E-state index is 0.206. The maximum atomic E-state index is 13.9. The van der Waals surface area contributed by atoms with E-state index in [4.69, 9.17) is 22.1 Å². The second kappa shape index (κ2) is 8.42. The van der Waals surface area contributed by atoms with Crippen LogP contribution < -0.4 is 21.3 Å². The molecule has 186 valence electrons. The van der Waals surface area contributed by atoms with Crippen LogP contribution in [0.25, 0.3) is 0 Å². The van der Waals surface area contributed by atoms with E-state index >= 15 is 0 Å². The summed E-state index contributed by atoms with van der Waals surface area (Å²) in [4.78, 5) is 65.9. The van der Waals surface area contributed by atoms with Gasteiger partial charge in [-0.3, -0.25) is 24.5 Å². The van der Waals surface area contributed by atoms with Gasteiger partial charge in [0.15, 0.2) is 0 Å². The van der Waals surface area contributed by atoms with Gasteiger partial charge < -0.3 is 15.8 Å². The van der Waals surface area contributed by atoms with E-state index in [0.717, 1.165) is 4.90 Å². The van der Waals surface area contributed by atoms with Gasteiger partial charge in [0.1, 0.15) is 5.54 Å². The van der Waals surface area contributed by atoms with Gasteiger partial charge in [-0.25, -0.2) is 9.69 Å². The van der Waals surface area contributed by atoms with Gasteiger partial charge in [-0.15, -0.1) is 0 Å². The third-order valence-electron chi connectivity index (χ3n) is 7.14. The third kappa shape index (κ3) is 3.25. The molecule has 0 saturated carbocycles. The molecule has 3 heterocycles. The smallest absolute Gasteiger partial charge is 0.338 e. The van der Waals surface area contributed by atoms with Crippen LogP contribution in [0.4, 0.5) is 11.4 Å². The molecule has 10 nitrogen and oxygen atoms in total. The summed E-state index contributed by atoms with van der Waals surface area (Å²) in [5.41, 5.74) is 5.96. The average Bonchev–Trinajstić information content (AvgIpc) is 3.41. The minimum atomic E-state index is -1.58. The van der Waals surface area contributed by atoms with Gasteiger partial charge in [-0.2, -0.15) is 0 Å². The fourth-order valence-electron chi connectivity index (χ4n) is 5.60. The number of carbonyl (C=O) groups excluding carboxylic acids is 5. The second-order valence-electron chi connectivity index (χ2n) is 9.06. The number of hydrogen-bond donors (Lipinski definition) is 3. The summed E-state index contributed by atoms with van der Waals surface area (Å²) >= 11 is 6.26. The van der Waals surface area contributed by atoms with E-state index in [1.165, 1.54) is 24.3 Å². The van der Waals surface area contributed by atoms with E-state index in [1.54, 1.807) is 26.0 Å². The Hall–Kier alpha value is -3.76. The van der Waals surface area contributed by atoms with Crippen LogP contribution in [0.2, 0.25) is 5.02 Å². The van der Waals surface area contributed by atoms with Crippen LogP contribution in [0.1, 0.15) is 34.8 Å². The first-order chi connectivity index (χ1) is 17.1. The maximum absolute atomic E-state index is 13.9. The first-order valence-electron chi connectivity index (χ1n) is 11.4. The number of benzene rings is 2. The molecular weight excluding hydrogens is 488 g/mol. The predicted molar refractivity (Wildman–Crippen MR) is 129 cm³/mol. The predicted octanol–water partition coefficient (Wildman–Crippen LogP) is 1.63. The van der Waals surface area contributed by atoms with Crippen molar-refractivity contribution in [2.75, 3.05) is 16.8 Å². The summed E-state index contributed by atoms with van der Waals surface area (Å²) in [6.45, 7) is 3.64. The molecule has 1 spiro atoms. The number of nitrogens with zero attached hydrogens (tertiary/aromatic N) is 1. The van der Waals surface area contributed by atoms with E-state index in [9.17, 15) is 24.0 Å². The Balaban J connectivity index is 1.60. The van der Waals surface area contributed by atoms with Crippen molar-refractivity contribution in [1.29, 1.82) is 0 Å². The number of primary amides is 1. The highest BCUT2D eigenvalue weighted by molar-refractivity contribution is 6.32. The quantitative estimate of drug-likeness (QED) is 0.409. The normalized spacial score (nSPS) is 26.2. The highest BCUT2D eigenvalue weighted by Gasteiger charge is 2.70. The maximum Gasteiger partial charge on any atom is 0.338 e. The first kappa shape index (κ1) is 24.0. The molecule has 3 aliphatic heterocycles. The number of rotatable bonds is 5. The van der Waals surface area contributed by atoms with Gasteiger partial charge in [-0.05, 0) is 49.7 Å². The topological polar surface area (TPSA) is 148 Å². The molecule has 2 aromatic rings. The van der Waals surface area contributed by atoms with E-state index in [0.29, 0.717) is 21.8 Å². The monoisotopic (exact) mass is 510 g/mol. The zero-order chi connectivity index (χ0) is 25.9. The van der Waals surface area contributed by atoms with E-state index in [1.807, 2.05) is 0 Å². The molecular formula is C25H23ClN4O6. The first-order valence-corrected chi connectivity index (χ1v) is 11.8. The van der Waals surface area contributed by atoms with Crippen molar-refractivity contribution in [3.8, 4) is 0 Å². The van der Waals surface area contributed by atoms with E-state index in [-0.39, 0.29) is 24.3 Å². The van der Waals surface area contributed by atoms with Gasteiger partial charge in [0, 0.05) is 23.0 Å². The van der Waals surface area contributed by atoms with Crippen molar-refractivity contribution < 1.29 is 28.7 Å². The summed E-state index contributed by atoms with van der Waals surface area (Å²) < 4.78 is 4.98. The molecule has 3 aliphatic rings. The summed E-state index contributed by atoms with van der Waals surface area (Å²) in [7, 11) is 0. The largest absolute Gasteiger partial charge is 0.462 e. The van der Waals surface area contributed by atoms with Gasteiger partial charge in [-0.1, -0.05) is 17.7 Å². The number of amides is 4. The lowest BCUT2D eigenvalue weighted by Gasteiger charge is -2.29. The zero-order valence-corrected chi connectivity index (χ0v) is 20.2. The third-order valence-corrected chi connectivity index (χ3v) is 7.55. The highest BCUT2D eigenvalue weighted by atomic mass is 35.5. The number of nitrogens with one attached hydrogen (secondary N) is 2. The fraction of sp³-hybridized carbons (Fsp3) is 0.320. The molecule has 11 heteroatoms. The van der Waals surface area contributed by atoms with Crippen molar-refractivity contribution in [2.24, 2.45) is 17.6 Å². The Bertz CT molecular complexity index is 1340. The van der Waals surface area contributed by atoms with Crippen LogP contribution in [-0.2, 0) is 29.5 Å². The summed E-state index contributed by atoms with van der Waals surface area (Å²) in [5.74, 6) is -5.00. The van der Waals surface area contributed by atoms with Crippen molar-refractivity contribution in [3.05, 3.63) is 58.1 Å². The van der Waals surface area contributed by atoms with Crippen LogP contribution >= 0.6 is 11.6 Å². The molecule has 4 N–H and O–H groups in total. The lowest BCUT2D eigenvalue weighted by molar-refractivity contribution is -0.130. The molecule has 0 radical (unpaired) electrons. The second-order valence-corrected chi connectivity index (χ2v) is 9.47. The van der Waals surface area contributed by atoms with Crippen molar-refractivity contribution in [3.63, 3.8) is 0 Å². The summed E-state index contributed by atoms with van der Waals surface area (Å²) in [5, 5.41) is 6.39. The van der Waals surface area contributed by atoms with Crippen LogP contribution in [0, 0.1) is 18.8 Å². The number of esters is 1. The average molecular weight is 511 g/mol. The van der Waals surface area contributed by atoms with E-state index in [2.05, 4.69) is 10.6 Å². The van der Waals surface area contributed by atoms with Gasteiger partial charge in [0.05, 0.1) is 35.4 Å². The molecule has 0 aliphatic carbocycles. The van der Waals surface area contributed by atoms with Crippen molar-refractivity contribution >= 4 is 52.6 Å². The van der Waals surface area contributed by atoms with Gasteiger partial charge in [0.2, 0.25) is 23.6 Å². The molecule has 0 unspecified atom stereocenters. The van der Waals surface area contributed by atoms with E-state index < -0.39 is 53.0 Å². The molecule has 2 aromatic carbocycles. The van der Waals surface area contributed by atoms with Gasteiger partial charge >= 0.3 is 5.97 Å². The zero-order valence-electron chi connectivity index (χ0n) is 19.5. The molecule has 2 fully saturated rings. The molecule has 2 saturated heterocycles. The Morgan fingerprint density at radius 2 is 1.81 bits per heavy atom. The van der Waals surface area contributed by atoms with Crippen LogP contribution in [0.15, 0.2) is 36.4 Å². The number of imide groups is 1. The fourth-order valence-corrected chi connectivity index (χ4v) is 5.75. The molecule has 4 amide bonds. The molecule has 4 atom stereocenters. The Labute approximate surface area is 211 Å². The standard InChI is InChI=1S/C25H23ClN4O6/c1-3-36-23(34)12-4-6-13(7-5-12)30-21(32)18-16(10-17(27)31)29-25(19(18)22(30)33)14-8-9-15(26)11(2)20(14)28-24(25)35/h4-9,16,18-19,29H,3,10H2,1-2H3,(H2,27,31)(H,28,35)/t16-,18-,19-,25+/m0/s1. The SMILES string of the molecule is CCOC(=O)c1ccc(N2C(=O)[C@H]3[C@H](CC(N)=O)N[C@@]4(C(=O)Nc5c4ccc(Cl)c5C)[C@@H]3C2=O)cc1. The van der Waals surface area contributed by atoms with Crippen LogP contribution in [0.5, 0.6) is 0 Å². The number of anilines is 2. The summed E-state index contributed by atoms with van der Waals surface area (Å²) in [6, 6.07) is 8.29. The Morgan fingerprint density at radius 3 is 2.44 bits per heavy atom. The van der Waals surface area contributed by atoms with Crippen LogP contribution in [0.3, 0.4) is 0 Å². The van der Waals surface area contributed by atoms with Gasteiger partial charge in [0.25, 0.3) is 0 Å². The lowest BCUT2D eigenvalue weighted by atomic mass is 9.76. The number of carbonyl (C=O) groups is 5. The molecule has 5 rings (SSSR count). The Kier molecular flexibility index (Phi) is 5.60. The molecule has 0 aromatic heterocycles. The highest BCUT2D eigenvalue weighted by Crippen LogP contribution is 2.55. The lowest BCUT2D eigenvalue weighted by Crippen LogP contribution is -2.53. The molecule has 36 heavy (non-hydrogen) atoms. The number of hydrogen-bond acceptors (Lipinski definition) is 7. The minimum Gasteiger partial charge on any atom is -0.462 e. The van der Waals surface area contributed by atoms with Crippen LogP contribution in [-0.4, -0.2) is 42.2 Å². The number of halogens is 1. The number of nitrogens with two attached hydrogens (primary N) is 1. The molecule has 0 bridgehead atoms. The van der Waals surface area contributed by atoms with Crippen molar-refractivity contribution in [1.82, 2.24) is 5.32 Å². The summed E-state index contributed by atoms with van der Waals surface area (Å²) in [6.07, 6.45) is -0.243.